The van der Waals surface area contributed by atoms with Crippen molar-refractivity contribution in [3.63, 3.8) is 0 Å². The number of rotatable bonds is 7. The lowest BCUT2D eigenvalue weighted by molar-refractivity contribution is -0.386. The smallest absolute Gasteiger partial charge is 0.312 e. The van der Waals surface area contributed by atoms with Crippen LogP contribution in [0.3, 0.4) is 0 Å². The number of ketones is 1. The molecule has 3 aromatic rings. The summed E-state index contributed by atoms with van der Waals surface area (Å²) in [6.45, 7) is 7.91. The van der Waals surface area contributed by atoms with E-state index in [2.05, 4.69) is 21.8 Å². The van der Waals surface area contributed by atoms with Crippen LogP contribution in [-0.4, -0.2) is 25.1 Å². The van der Waals surface area contributed by atoms with Crippen molar-refractivity contribution in [1.82, 2.24) is 14.3 Å². The second kappa shape index (κ2) is 7.80. The average molecular weight is 380 g/mol. The summed E-state index contributed by atoms with van der Waals surface area (Å²) in [5.74, 6) is -0.0976. The van der Waals surface area contributed by atoms with E-state index in [9.17, 15) is 14.9 Å². The van der Waals surface area contributed by atoms with Gasteiger partial charge in [-0.1, -0.05) is 30.3 Å². The van der Waals surface area contributed by atoms with Crippen LogP contribution in [-0.2, 0) is 19.5 Å². The first-order valence-corrected chi connectivity index (χ1v) is 9.21. The second-order valence-corrected chi connectivity index (χ2v) is 7.03. The van der Waals surface area contributed by atoms with Crippen molar-refractivity contribution in [3.05, 3.63) is 80.4 Å². The van der Waals surface area contributed by atoms with E-state index in [1.807, 2.05) is 38.1 Å². The molecule has 0 N–H and O–H groups in total. The summed E-state index contributed by atoms with van der Waals surface area (Å²) >= 11 is 0. The predicted molar refractivity (Wildman–Crippen MR) is 107 cm³/mol. The van der Waals surface area contributed by atoms with Crippen molar-refractivity contribution >= 4 is 11.5 Å². The standard InChI is InChI=1S/C21H24N4O3/c1-14-12-19(16(3)23(14)11-10-18-8-6-5-7-9-18)20(26)13-24-17(4)21(25(27)28)15(2)22-24/h5-9,12H,10-11,13H2,1-4H3. The van der Waals surface area contributed by atoms with E-state index in [4.69, 9.17) is 0 Å². The molecule has 2 heterocycles. The molecular formula is C21H24N4O3. The lowest BCUT2D eigenvalue weighted by Gasteiger charge is -2.10. The first-order chi connectivity index (χ1) is 13.3. The molecule has 0 aliphatic carbocycles. The quantitative estimate of drug-likeness (QED) is 0.353. The third-order valence-electron chi connectivity index (χ3n) is 5.16. The van der Waals surface area contributed by atoms with Crippen molar-refractivity contribution in [3.8, 4) is 0 Å². The van der Waals surface area contributed by atoms with E-state index in [1.54, 1.807) is 13.8 Å². The molecule has 7 heteroatoms. The van der Waals surface area contributed by atoms with Gasteiger partial charge in [0.1, 0.15) is 17.9 Å². The first kappa shape index (κ1) is 19.5. The van der Waals surface area contributed by atoms with Gasteiger partial charge in [-0.25, -0.2) is 0 Å². The van der Waals surface area contributed by atoms with Gasteiger partial charge in [0.05, 0.1) is 4.92 Å². The highest BCUT2D eigenvalue weighted by atomic mass is 16.6. The third kappa shape index (κ3) is 3.74. The molecule has 146 valence electrons. The Kier molecular flexibility index (Phi) is 5.44. The molecule has 0 saturated carbocycles. The summed E-state index contributed by atoms with van der Waals surface area (Å²) in [6.07, 6.45) is 0.883. The molecule has 0 spiro atoms. The van der Waals surface area contributed by atoms with Crippen molar-refractivity contribution in [2.45, 2.75) is 47.2 Å². The number of aromatic nitrogens is 3. The molecule has 0 radical (unpaired) electrons. The number of Topliss-reactive ketones (excluding diaryl/α,β-unsaturated/α-hetero) is 1. The Bertz CT molecular complexity index is 1030. The number of nitro groups is 1. The minimum atomic E-state index is -0.450. The van der Waals surface area contributed by atoms with E-state index < -0.39 is 4.92 Å². The molecule has 0 atom stereocenters. The van der Waals surface area contributed by atoms with Crippen LogP contribution in [0, 0.1) is 37.8 Å². The molecular weight excluding hydrogens is 356 g/mol. The van der Waals surface area contributed by atoms with Crippen LogP contribution in [0.25, 0.3) is 0 Å². The van der Waals surface area contributed by atoms with Gasteiger partial charge in [0.2, 0.25) is 0 Å². The van der Waals surface area contributed by atoms with Gasteiger partial charge in [0.25, 0.3) is 0 Å². The number of aryl methyl sites for hydroxylation is 3. The molecule has 0 fully saturated rings. The van der Waals surface area contributed by atoms with Gasteiger partial charge in [-0.15, -0.1) is 0 Å². The van der Waals surface area contributed by atoms with Crippen LogP contribution in [0.1, 0.15) is 38.7 Å². The van der Waals surface area contributed by atoms with Crippen LogP contribution in [0.4, 0.5) is 5.69 Å². The number of carbonyl (C=O) groups excluding carboxylic acids is 1. The number of nitrogens with zero attached hydrogens (tertiary/aromatic N) is 4. The minimum Gasteiger partial charge on any atom is -0.348 e. The highest BCUT2D eigenvalue weighted by Crippen LogP contribution is 2.23. The maximum Gasteiger partial charge on any atom is 0.312 e. The van der Waals surface area contributed by atoms with Crippen LogP contribution in [0.5, 0.6) is 0 Å². The fourth-order valence-corrected chi connectivity index (χ4v) is 3.64. The lowest BCUT2D eigenvalue weighted by atomic mass is 10.1. The first-order valence-electron chi connectivity index (χ1n) is 9.21. The van der Waals surface area contributed by atoms with Crippen molar-refractivity contribution in [2.75, 3.05) is 0 Å². The topological polar surface area (TPSA) is 83.0 Å². The third-order valence-corrected chi connectivity index (χ3v) is 5.16. The zero-order chi connectivity index (χ0) is 20.4. The SMILES string of the molecule is Cc1nn(CC(=O)c2cc(C)n(CCc3ccccc3)c2C)c(C)c1[N+](=O)[O-]. The molecule has 0 saturated heterocycles. The predicted octanol–water partition coefficient (Wildman–Crippen LogP) is 3.95. The Balaban J connectivity index is 1.80. The Labute approximate surface area is 163 Å². The van der Waals surface area contributed by atoms with Crippen LogP contribution >= 0.6 is 0 Å². The summed E-state index contributed by atoms with van der Waals surface area (Å²) in [5.41, 5.74) is 4.52. The van der Waals surface area contributed by atoms with Gasteiger partial charge >= 0.3 is 5.69 Å². The highest BCUT2D eigenvalue weighted by molar-refractivity contribution is 5.97. The number of benzene rings is 1. The Morgan fingerprint density at radius 3 is 2.39 bits per heavy atom. The van der Waals surface area contributed by atoms with E-state index in [0.29, 0.717) is 17.0 Å². The summed E-state index contributed by atoms with van der Waals surface area (Å²) in [7, 11) is 0. The number of hydrogen-bond donors (Lipinski definition) is 0. The average Bonchev–Trinajstić information content (AvgIpc) is 3.09. The van der Waals surface area contributed by atoms with E-state index in [-0.39, 0.29) is 18.0 Å². The maximum absolute atomic E-state index is 12.9. The van der Waals surface area contributed by atoms with Crippen molar-refractivity contribution in [1.29, 1.82) is 0 Å². The summed E-state index contributed by atoms with van der Waals surface area (Å²) in [4.78, 5) is 23.6. The van der Waals surface area contributed by atoms with Gasteiger partial charge in [-0.2, -0.15) is 5.10 Å². The van der Waals surface area contributed by atoms with E-state index in [0.717, 1.165) is 24.4 Å². The molecule has 0 amide bonds. The van der Waals surface area contributed by atoms with Crippen LogP contribution in [0.15, 0.2) is 36.4 Å². The molecule has 28 heavy (non-hydrogen) atoms. The highest BCUT2D eigenvalue weighted by Gasteiger charge is 2.24. The Hall–Kier alpha value is -3.22. The van der Waals surface area contributed by atoms with Gasteiger partial charge in [0.15, 0.2) is 5.78 Å². The lowest BCUT2D eigenvalue weighted by Crippen LogP contribution is -2.14. The maximum atomic E-state index is 12.9. The fraction of sp³-hybridized carbons (Fsp3) is 0.333. The zero-order valence-corrected chi connectivity index (χ0v) is 16.6. The monoisotopic (exact) mass is 380 g/mol. The number of hydrogen-bond acceptors (Lipinski definition) is 4. The molecule has 0 bridgehead atoms. The molecule has 1 aromatic carbocycles. The van der Waals surface area contributed by atoms with E-state index in [1.165, 1.54) is 10.2 Å². The molecule has 0 aliphatic heterocycles. The summed E-state index contributed by atoms with van der Waals surface area (Å²) in [6, 6.07) is 12.1. The number of carbonyl (C=O) groups is 1. The van der Waals surface area contributed by atoms with Gasteiger partial charge in [-0.05, 0) is 45.7 Å². The molecule has 0 aliphatic rings. The molecule has 0 unspecified atom stereocenters. The van der Waals surface area contributed by atoms with Gasteiger partial charge < -0.3 is 4.57 Å². The normalized spacial score (nSPS) is 11.0. The van der Waals surface area contributed by atoms with Crippen LogP contribution < -0.4 is 0 Å². The Morgan fingerprint density at radius 1 is 1.11 bits per heavy atom. The van der Waals surface area contributed by atoms with Gasteiger partial charge in [0, 0.05) is 23.5 Å². The molecule has 3 rings (SSSR count). The largest absolute Gasteiger partial charge is 0.348 e. The molecule has 2 aromatic heterocycles. The van der Waals surface area contributed by atoms with E-state index >= 15 is 0 Å². The zero-order valence-electron chi connectivity index (χ0n) is 16.6. The van der Waals surface area contributed by atoms with Crippen molar-refractivity contribution < 1.29 is 9.72 Å². The Morgan fingerprint density at radius 2 is 1.79 bits per heavy atom. The fourth-order valence-electron chi connectivity index (χ4n) is 3.64. The summed E-state index contributed by atoms with van der Waals surface area (Å²) < 4.78 is 3.57. The minimum absolute atomic E-state index is 0.0104. The van der Waals surface area contributed by atoms with Gasteiger partial charge in [-0.3, -0.25) is 19.6 Å². The summed E-state index contributed by atoms with van der Waals surface area (Å²) in [5, 5.41) is 15.3. The van der Waals surface area contributed by atoms with Crippen molar-refractivity contribution in [2.24, 2.45) is 0 Å². The second-order valence-electron chi connectivity index (χ2n) is 7.03. The molecule has 7 nitrogen and oxygen atoms in total. The van der Waals surface area contributed by atoms with Crippen LogP contribution in [0.2, 0.25) is 0 Å².